The first kappa shape index (κ1) is 17.7. The molecule has 0 bridgehead atoms. The van der Waals surface area contributed by atoms with Crippen LogP contribution in [0.25, 0.3) is 0 Å². The minimum atomic E-state index is -0.411. The van der Waals surface area contributed by atoms with Crippen LogP contribution in [0.1, 0.15) is 25.7 Å². The molecule has 1 aliphatic heterocycles. The monoisotopic (exact) mass is 339 g/mol. The summed E-state index contributed by atoms with van der Waals surface area (Å²) in [5.41, 5.74) is 6.22. The Morgan fingerprint density at radius 1 is 1.26 bits per heavy atom. The van der Waals surface area contributed by atoms with E-state index in [4.69, 9.17) is 22.1 Å². The van der Waals surface area contributed by atoms with Gasteiger partial charge in [-0.15, -0.1) is 0 Å². The molecule has 2 rings (SSSR count). The molecule has 126 valence electrons. The zero-order valence-corrected chi connectivity index (χ0v) is 13.6. The quantitative estimate of drug-likeness (QED) is 0.659. The van der Waals surface area contributed by atoms with Crippen LogP contribution < -0.4 is 16.4 Å². The maximum atomic E-state index is 11.9. The number of rotatable bonds is 7. The second-order valence-electron chi connectivity index (χ2n) is 5.51. The molecule has 0 spiro atoms. The number of ether oxygens (including phenoxy) is 1. The van der Waals surface area contributed by atoms with Crippen LogP contribution in [0.15, 0.2) is 24.3 Å². The average molecular weight is 340 g/mol. The number of anilines is 1. The molecule has 1 aliphatic rings. The van der Waals surface area contributed by atoms with Crippen molar-refractivity contribution in [1.82, 2.24) is 5.32 Å². The fraction of sp³-hybridized carbons (Fsp3) is 0.500. The molecule has 7 heteroatoms. The second kappa shape index (κ2) is 8.86. The van der Waals surface area contributed by atoms with Gasteiger partial charge in [0, 0.05) is 30.2 Å². The highest BCUT2D eigenvalue weighted by molar-refractivity contribution is 6.30. The third-order valence-electron chi connectivity index (χ3n) is 3.67. The SMILES string of the molecule is NC[C@H]1CC[C@@H](C(=O)NCCCC(=O)Nc2ccc(Cl)cc2)O1. The van der Waals surface area contributed by atoms with Gasteiger partial charge in [-0.25, -0.2) is 0 Å². The molecule has 23 heavy (non-hydrogen) atoms. The molecule has 1 saturated heterocycles. The Labute approximate surface area is 140 Å². The number of amides is 2. The standard InChI is InChI=1S/C16H22ClN3O3/c17-11-3-5-12(6-4-11)20-15(21)2-1-9-19-16(22)14-8-7-13(10-18)23-14/h3-6,13-14H,1-2,7-10,18H2,(H,19,22)(H,20,21)/t13-,14+/m1/s1. The first-order valence-corrected chi connectivity index (χ1v) is 8.15. The highest BCUT2D eigenvalue weighted by Gasteiger charge is 2.29. The van der Waals surface area contributed by atoms with Gasteiger partial charge in [-0.2, -0.15) is 0 Å². The molecule has 0 aliphatic carbocycles. The first-order valence-electron chi connectivity index (χ1n) is 7.77. The van der Waals surface area contributed by atoms with Gasteiger partial charge >= 0.3 is 0 Å². The Morgan fingerprint density at radius 2 is 2.00 bits per heavy atom. The van der Waals surface area contributed by atoms with E-state index in [2.05, 4.69) is 10.6 Å². The highest BCUT2D eigenvalue weighted by atomic mass is 35.5. The number of nitrogens with two attached hydrogens (primary N) is 1. The van der Waals surface area contributed by atoms with Crippen molar-refractivity contribution in [2.45, 2.75) is 37.9 Å². The van der Waals surface area contributed by atoms with Crippen molar-refractivity contribution in [3.63, 3.8) is 0 Å². The van der Waals surface area contributed by atoms with Gasteiger partial charge in [0.2, 0.25) is 11.8 Å². The number of nitrogens with one attached hydrogen (secondary N) is 2. The van der Waals surface area contributed by atoms with Crippen LogP contribution in [0.5, 0.6) is 0 Å². The van der Waals surface area contributed by atoms with E-state index in [9.17, 15) is 9.59 Å². The number of carbonyl (C=O) groups is 2. The van der Waals surface area contributed by atoms with Crippen molar-refractivity contribution in [2.75, 3.05) is 18.4 Å². The summed E-state index contributed by atoms with van der Waals surface area (Å²) in [5, 5.41) is 6.19. The van der Waals surface area contributed by atoms with Crippen molar-refractivity contribution in [1.29, 1.82) is 0 Å². The lowest BCUT2D eigenvalue weighted by Crippen LogP contribution is -2.36. The summed E-state index contributed by atoms with van der Waals surface area (Å²) >= 11 is 5.78. The number of carbonyl (C=O) groups excluding carboxylic acids is 2. The third-order valence-corrected chi connectivity index (χ3v) is 3.92. The molecule has 0 aromatic heterocycles. The number of halogens is 1. The van der Waals surface area contributed by atoms with E-state index in [1.165, 1.54) is 0 Å². The molecule has 0 radical (unpaired) electrons. The van der Waals surface area contributed by atoms with E-state index < -0.39 is 6.10 Å². The minimum absolute atomic E-state index is 0.0177. The van der Waals surface area contributed by atoms with Crippen LogP contribution in [-0.2, 0) is 14.3 Å². The molecular weight excluding hydrogens is 318 g/mol. The maximum absolute atomic E-state index is 11.9. The Hall–Kier alpha value is -1.63. The largest absolute Gasteiger partial charge is 0.364 e. The third kappa shape index (κ3) is 5.82. The normalized spacial score (nSPS) is 20.3. The summed E-state index contributed by atoms with van der Waals surface area (Å²) in [4.78, 5) is 23.7. The smallest absolute Gasteiger partial charge is 0.249 e. The van der Waals surface area contributed by atoms with Crippen LogP contribution in [0.2, 0.25) is 5.02 Å². The zero-order valence-electron chi connectivity index (χ0n) is 12.9. The van der Waals surface area contributed by atoms with Gasteiger partial charge in [-0.3, -0.25) is 9.59 Å². The first-order chi connectivity index (χ1) is 11.1. The van der Waals surface area contributed by atoms with E-state index in [1.807, 2.05) is 0 Å². The van der Waals surface area contributed by atoms with Gasteiger partial charge in [-0.1, -0.05) is 11.6 Å². The molecule has 2 amide bonds. The van der Waals surface area contributed by atoms with Crippen molar-refractivity contribution < 1.29 is 14.3 Å². The van der Waals surface area contributed by atoms with E-state index in [0.29, 0.717) is 43.1 Å². The van der Waals surface area contributed by atoms with Gasteiger partial charge < -0.3 is 21.1 Å². The molecular formula is C16H22ClN3O3. The minimum Gasteiger partial charge on any atom is -0.364 e. The van der Waals surface area contributed by atoms with Crippen LogP contribution >= 0.6 is 11.6 Å². The zero-order chi connectivity index (χ0) is 16.7. The molecule has 0 saturated carbocycles. The fourth-order valence-corrected chi connectivity index (χ4v) is 2.53. The lowest BCUT2D eigenvalue weighted by atomic mass is 10.2. The predicted octanol–water partition coefficient (Wildman–Crippen LogP) is 1.68. The van der Waals surface area contributed by atoms with Crippen LogP contribution in [0.4, 0.5) is 5.69 Å². The van der Waals surface area contributed by atoms with E-state index in [-0.39, 0.29) is 17.9 Å². The molecule has 4 N–H and O–H groups in total. The molecule has 2 atom stereocenters. The van der Waals surface area contributed by atoms with Crippen molar-refractivity contribution in [2.24, 2.45) is 5.73 Å². The average Bonchev–Trinajstić information content (AvgIpc) is 3.03. The number of hydrogen-bond donors (Lipinski definition) is 3. The number of hydrogen-bond acceptors (Lipinski definition) is 4. The number of benzene rings is 1. The van der Waals surface area contributed by atoms with Crippen molar-refractivity contribution in [3.8, 4) is 0 Å². The Morgan fingerprint density at radius 3 is 2.65 bits per heavy atom. The topological polar surface area (TPSA) is 93.5 Å². The predicted molar refractivity (Wildman–Crippen MR) is 89.3 cm³/mol. The van der Waals surface area contributed by atoms with Gasteiger partial charge in [0.1, 0.15) is 6.10 Å². The van der Waals surface area contributed by atoms with Gasteiger partial charge in [0.05, 0.1) is 6.10 Å². The van der Waals surface area contributed by atoms with Gasteiger partial charge in [0.15, 0.2) is 0 Å². The summed E-state index contributed by atoms with van der Waals surface area (Å²) in [7, 11) is 0. The summed E-state index contributed by atoms with van der Waals surface area (Å²) in [6.45, 7) is 0.884. The lowest BCUT2D eigenvalue weighted by Gasteiger charge is -2.12. The molecule has 0 unspecified atom stereocenters. The Balaban J connectivity index is 1.60. The van der Waals surface area contributed by atoms with Crippen LogP contribution in [-0.4, -0.2) is 37.1 Å². The van der Waals surface area contributed by atoms with Gasteiger partial charge in [-0.05, 0) is 43.5 Å². The maximum Gasteiger partial charge on any atom is 0.249 e. The Kier molecular flexibility index (Phi) is 6.83. The van der Waals surface area contributed by atoms with Gasteiger partial charge in [0.25, 0.3) is 0 Å². The summed E-state index contributed by atoms with van der Waals surface area (Å²) in [6.07, 6.45) is 1.99. The second-order valence-corrected chi connectivity index (χ2v) is 5.95. The molecule has 6 nitrogen and oxygen atoms in total. The summed E-state index contributed by atoms with van der Waals surface area (Å²) in [5.74, 6) is -0.221. The van der Waals surface area contributed by atoms with Crippen molar-refractivity contribution in [3.05, 3.63) is 29.3 Å². The van der Waals surface area contributed by atoms with Crippen LogP contribution in [0.3, 0.4) is 0 Å². The summed E-state index contributed by atoms with van der Waals surface area (Å²) in [6, 6.07) is 6.92. The molecule has 1 aromatic rings. The Bertz CT molecular complexity index is 536. The summed E-state index contributed by atoms with van der Waals surface area (Å²) < 4.78 is 5.51. The van der Waals surface area contributed by atoms with E-state index >= 15 is 0 Å². The van der Waals surface area contributed by atoms with Crippen molar-refractivity contribution >= 4 is 29.1 Å². The molecule has 1 aromatic carbocycles. The molecule has 1 heterocycles. The lowest BCUT2D eigenvalue weighted by molar-refractivity contribution is -0.132. The van der Waals surface area contributed by atoms with Crippen LogP contribution in [0, 0.1) is 0 Å². The van der Waals surface area contributed by atoms with E-state index in [1.54, 1.807) is 24.3 Å². The highest BCUT2D eigenvalue weighted by Crippen LogP contribution is 2.18. The fourth-order valence-electron chi connectivity index (χ4n) is 2.40. The molecule has 1 fully saturated rings. The van der Waals surface area contributed by atoms with E-state index in [0.717, 1.165) is 6.42 Å².